The zero-order valence-corrected chi connectivity index (χ0v) is 16.5. The van der Waals surface area contributed by atoms with Crippen LogP contribution in [0.3, 0.4) is 0 Å². The van der Waals surface area contributed by atoms with Crippen LogP contribution in [0.15, 0.2) is 72.4 Å². The van der Waals surface area contributed by atoms with Crippen molar-refractivity contribution >= 4 is 17.7 Å². The molecule has 0 aliphatic heterocycles. The highest BCUT2D eigenvalue weighted by molar-refractivity contribution is 7.98. The number of halogens is 1. The third kappa shape index (κ3) is 4.66. The van der Waals surface area contributed by atoms with E-state index in [1.165, 1.54) is 28.6 Å². The topological polar surface area (TPSA) is 98.5 Å². The van der Waals surface area contributed by atoms with E-state index in [0.29, 0.717) is 28.8 Å². The summed E-state index contributed by atoms with van der Waals surface area (Å²) in [4.78, 5) is 25.1. The lowest BCUT2D eigenvalue weighted by atomic mass is 10.2. The molecule has 1 amide bonds. The molecule has 0 aliphatic carbocycles. The minimum Gasteiger partial charge on any atom is -0.347 e. The van der Waals surface area contributed by atoms with Crippen LogP contribution < -0.4 is 5.32 Å². The van der Waals surface area contributed by atoms with Gasteiger partial charge >= 0.3 is 0 Å². The van der Waals surface area contributed by atoms with E-state index in [-0.39, 0.29) is 17.4 Å². The predicted octanol–water partition coefficient (Wildman–Crippen LogP) is 2.81. The van der Waals surface area contributed by atoms with Gasteiger partial charge in [0.2, 0.25) is 0 Å². The highest BCUT2D eigenvalue weighted by Gasteiger charge is 2.21. The smallest absolute Gasteiger partial charge is 0.274 e. The summed E-state index contributed by atoms with van der Waals surface area (Å²) in [5.74, 6) is -0.362. The molecule has 0 fully saturated rings. The third-order valence-corrected chi connectivity index (χ3v) is 5.02. The van der Waals surface area contributed by atoms with Crippen LogP contribution in [0.5, 0.6) is 0 Å². The van der Waals surface area contributed by atoms with Gasteiger partial charge < -0.3 is 5.32 Å². The summed E-state index contributed by atoms with van der Waals surface area (Å²) in [5.41, 5.74) is 2.27. The van der Waals surface area contributed by atoms with Crippen molar-refractivity contribution in [3.63, 3.8) is 0 Å². The summed E-state index contributed by atoms with van der Waals surface area (Å²) in [6.45, 7) is 0.332. The number of pyridine rings is 1. The van der Waals surface area contributed by atoms with Crippen LogP contribution in [0.1, 0.15) is 21.7 Å². The van der Waals surface area contributed by atoms with Crippen molar-refractivity contribution in [2.75, 3.05) is 0 Å². The summed E-state index contributed by atoms with van der Waals surface area (Å²) in [6.07, 6.45) is 6.61. The zero-order valence-electron chi connectivity index (χ0n) is 15.6. The number of aromatic nitrogens is 6. The van der Waals surface area contributed by atoms with Gasteiger partial charge in [0.1, 0.15) is 5.82 Å². The molecule has 0 atom stereocenters. The van der Waals surface area contributed by atoms with Crippen molar-refractivity contribution in [3.8, 4) is 5.69 Å². The number of carbonyl (C=O) groups excluding carboxylic acids is 1. The number of thioether (sulfide) groups is 1. The van der Waals surface area contributed by atoms with Crippen LogP contribution in [0, 0.1) is 5.82 Å². The van der Waals surface area contributed by atoms with Crippen LogP contribution in [0.25, 0.3) is 5.69 Å². The lowest BCUT2D eigenvalue weighted by Crippen LogP contribution is -2.24. The summed E-state index contributed by atoms with van der Waals surface area (Å²) in [7, 11) is 0. The Hall–Kier alpha value is -3.66. The number of benzene rings is 1. The number of amides is 1. The van der Waals surface area contributed by atoms with E-state index in [1.807, 2.05) is 12.1 Å². The predicted molar refractivity (Wildman–Crippen MR) is 108 cm³/mol. The van der Waals surface area contributed by atoms with Gasteiger partial charge in [0.15, 0.2) is 10.9 Å². The molecule has 10 heteroatoms. The van der Waals surface area contributed by atoms with E-state index in [9.17, 15) is 9.18 Å². The molecular formula is C20H16FN7OS. The van der Waals surface area contributed by atoms with Gasteiger partial charge in [0, 0.05) is 37.1 Å². The van der Waals surface area contributed by atoms with E-state index in [1.54, 1.807) is 43.0 Å². The Morgan fingerprint density at radius 3 is 2.50 bits per heavy atom. The molecule has 4 rings (SSSR count). The summed E-state index contributed by atoms with van der Waals surface area (Å²) < 4.78 is 14.9. The molecule has 0 saturated carbocycles. The Balaban J connectivity index is 1.60. The van der Waals surface area contributed by atoms with E-state index < -0.39 is 0 Å². The molecule has 4 aromatic rings. The number of rotatable bonds is 7. The SMILES string of the molecule is O=C(NCc1ccncc1)c1nnn(-c2ccc(F)cc2)c1CSc1ncccn1. The monoisotopic (exact) mass is 421 g/mol. The van der Waals surface area contributed by atoms with Crippen LogP contribution in [-0.2, 0) is 12.3 Å². The minimum absolute atomic E-state index is 0.191. The largest absolute Gasteiger partial charge is 0.347 e. The Labute approximate surface area is 175 Å². The highest BCUT2D eigenvalue weighted by atomic mass is 32.2. The molecule has 3 aromatic heterocycles. The second kappa shape index (κ2) is 9.23. The minimum atomic E-state index is -0.359. The van der Waals surface area contributed by atoms with Crippen molar-refractivity contribution in [1.82, 2.24) is 35.3 Å². The van der Waals surface area contributed by atoms with Crippen molar-refractivity contribution in [1.29, 1.82) is 0 Å². The van der Waals surface area contributed by atoms with Gasteiger partial charge in [0.25, 0.3) is 5.91 Å². The molecule has 0 saturated heterocycles. The number of nitrogens with one attached hydrogen (secondary N) is 1. The first-order valence-corrected chi connectivity index (χ1v) is 9.97. The fourth-order valence-corrected chi connectivity index (χ4v) is 3.45. The standard InChI is InChI=1S/C20H16FN7OS/c21-15-2-4-16(5-3-15)28-17(13-30-20-23-8-1-9-24-20)18(26-27-28)19(29)25-12-14-6-10-22-11-7-14/h1-11H,12-13H2,(H,25,29). The first-order chi connectivity index (χ1) is 14.7. The van der Waals surface area contributed by atoms with Gasteiger partial charge in [-0.25, -0.2) is 19.0 Å². The van der Waals surface area contributed by atoms with Crippen molar-refractivity contribution in [2.24, 2.45) is 0 Å². The first kappa shape index (κ1) is 19.6. The van der Waals surface area contributed by atoms with Gasteiger partial charge in [-0.3, -0.25) is 9.78 Å². The van der Waals surface area contributed by atoms with Crippen molar-refractivity contribution in [2.45, 2.75) is 17.5 Å². The summed E-state index contributed by atoms with van der Waals surface area (Å²) in [6, 6.07) is 11.2. The maximum atomic E-state index is 13.3. The van der Waals surface area contributed by atoms with Crippen LogP contribution in [0.2, 0.25) is 0 Å². The van der Waals surface area contributed by atoms with Gasteiger partial charge in [-0.05, 0) is 48.0 Å². The number of hydrogen-bond acceptors (Lipinski definition) is 7. The van der Waals surface area contributed by atoms with Crippen LogP contribution >= 0.6 is 11.8 Å². The van der Waals surface area contributed by atoms with E-state index in [4.69, 9.17) is 0 Å². The van der Waals surface area contributed by atoms with E-state index in [0.717, 1.165) is 5.56 Å². The zero-order chi connectivity index (χ0) is 20.8. The van der Waals surface area contributed by atoms with Crippen LogP contribution in [0.4, 0.5) is 4.39 Å². The molecule has 0 unspecified atom stereocenters. The maximum Gasteiger partial charge on any atom is 0.274 e. The van der Waals surface area contributed by atoms with Gasteiger partial charge in [-0.1, -0.05) is 17.0 Å². The molecule has 150 valence electrons. The molecule has 1 N–H and O–H groups in total. The lowest BCUT2D eigenvalue weighted by Gasteiger charge is -2.08. The normalized spacial score (nSPS) is 10.7. The average Bonchev–Trinajstić information content (AvgIpc) is 3.22. The third-order valence-electron chi connectivity index (χ3n) is 4.13. The number of carbonyl (C=O) groups is 1. The molecule has 1 aromatic carbocycles. The highest BCUT2D eigenvalue weighted by Crippen LogP contribution is 2.23. The fourth-order valence-electron chi connectivity index (χ4n) is 2.66. The van der Waals surface area contributed by atoms with E-state index in [2.05, 4.69) is 30.6 Å². The maximum absolute atomic E-state index is 13.3. The van der Waals surface area contributed by atoms with Crippen LogP contribution in [-0.4, -0.2) is 35.9 Å². The number of hydrogen-bond donors (Lipinski definition) is 1. The fraction of sp³-hybridized carbons (Fsp3) is 0.100. The number of nitrogens with zero attached hydrogens (tertiary/aromatic N) is 6. The second-order valence-electron chi connectivity index (χ2n) is 6.13. The Bertz CT molecular complexity index is 1120. The second-order valence-corrected chi connectivity index (χ2v) is 7.07. The molecule has 30 heavy (non-hydrogen) atoms. The molecule has 0 aliphatic rings. The Morgan fingerprint density at radius 2 is 1.77 bits per heavy atom. The molecule has 0 bridgehead atoms. The van der Waals surface area contributed by atoms with Gasteiger partial charge in [-0.15, -0.1) is 5.10 Å². The summed E-state index contributed by atoms with van der Waals surface area (Å²) in [5, 5.41) is 11.6. The molecular weight excluding hydrogens is 405 g/mol. The molecule has 0 spiro atoms. The quantitative estimate of drug-likeness (QED) is 0.362. The van der Waals surface area contributed by atoms with Crippen molar-refractivity contribution in [3.05, 3.63) is 90.0 Å². The molecule has 3 heterocycles. The first-order valence-electron chi connectivity index (χ1n) is 8.98. The van der Waals surface area contributed by atoms with Gasteiger partial charge in [0.05, 0.1) is 11.4 Å². The average molecular weight is 421 g/mol. The van der Waals surface area contributed by atoms with Crippen molar-refractivity contribution < 1.29 is 9.18 Å². The lowest BCUT2D eigenvalue weighted by molar-refractivity contribution is 0.0945. The summed E-state index contributed by atoms with van der Waals surface area (Å²) >= 11 is 1.35. The molecule has 8 nitrogen and oxygen atoms in total. The molecule has 0 radical (unpaired) electrons. The Kier molecular flexibility index (Phi) is 6.04. The van der Waals surface area contributed by atoms with E-state index >= 15 is 0 Å². The van der Waals surface area contributed by atoms with Gasteiger partial charge in [-0.2, -0.15) is 0 Å². The Morgan fingerprint density at radius 1 is 1.03 bits per heavy atom.